The van der Waals surface area contributed by atoms with Gasteiger partial charge in [-0.1, -0.05) is 6.92 Å². The third kappa shape index (κ3) is 3.72. The number of hydrogen-bond acceptors (Lipinski definition) is 4. The van der Waals surface area contributed by atoms with Gasteiger partial charge in [0.2, 0.25) is 5.91 Å². The van der Waals surface area contributed by atoms with Crippen LogP contribution in [0.4, 0.5) is 0 Å². The van der Waals surface area contributed by atoms with Gasteiger partial charge in [0.15, 0.2) is 9.84 Å². The molecule has 2 rings (SSSR count). The Morgan fingerprint density at radius 1 is 1.55 bits per heavy atom. The van der Waals surface area contributed by atoms with Gasteiger partial charge in [0.25, 0.3) is 0 Å². The molecule has 5 nitrogen and oxygen atoms in total. The van der Waals surface area contributed by atoms with Crippen LogP contribution < -0.4 is 0 Å². The molecule has 0 N–H and O–H groups in total. The fraction of sp³-hybridized carbons (Fsp3) is 0.500. The number of nitrogens with zero attached hydrogens (tertiary/aromatic N) is 1. The highest BCUT2D eigenvalue weighted by atomic mass is 32.2. The number of carbonyl (C=O) groups is 1. The Morgan fingerprint density at radius 3 is 2.90 bits per heavy atom. The van der Waals surface area contributed by atoms with E-state index in [0.717, 1.165) is 6.42 Å². The first-order chi connectivity index (χ1) is 9.52. The van der Waals surface area contributed by atoms with Crippen LogP contribution in [0.15, 0.2) is 28.9 Å². The summed E-state index contributed by atoms with van der Waals surface area (Å²) in [4.78, 5) is 13.9. The molecule has 0 radical (unpaired) electrons. The molecule has 6 heteroatoms. The lowest BCUT2D eigenvalue weighted by Gasteiger charge is -2.26. The van der Waals surface area contributed by atoms with Gasteiger partial charge in [-0.15, -0.1) is 0 Å². The summed E-state index contributed by atoms with van der Waals surface area (Å²) in [5.41, 5.74) is 0. The highest BCUT2D eigenvalue weighted by molar-refractivity contribution is 7.91. The lowest BCUT2D eigenvalue weighted by molar-refractivity contribution is -0.127. The van der Waals surface area contributed by atoms with Gasteiger partial charge < -0.3 is 9.32 Å². The molecule has 1 aromatic rings. The molecule has 1 amide bonds. The van der Waals surface area contributed by atoms with Gasteiger partial charge in [-0.3, -0.25) is 4.79 Å². The minimum Gasteiger partial charge on any atom is -0.465 e. The monoisotopic (exact) mass is 297 g/mol. The van der Waals surface area contributed by atoms with Crippen LogP contribution in [-0.2, 0) is 14.6 Å². The standard InChI is InChI=1S/C14H19NO4S/c1-2-8-15(12-7-10-20(17,18)11-12)14(16)6-5-13-4-3-9-19-13/h3-6,9,12H,2,7-8,10-11H2,1H3. The zero-order valence-electron chi connectivity index (χ0n) is 11.5. The van der Waals surface area contributed by atoms with Gasteiger partial charge >= 0.3 is 0 Å². The summed E-state index contributed by atoms with van der Waals surface area (Å²) in [6.07, 6.45) is 5.92. The van der Waals surface area contributed by atoms with Crippen LogP contribution in [0, 0.1) is 0 Å². The second-order valence-electron chi connectivity index (χ2n) is 4.94. The van der Waals surface area contributed by atoms with Crippen LogP contribution in [0.25, 0.3) is 6.08 Å². The second kappa shape index (κ2) is 6.26. The van der Waals surface area contributed by atoms with E-state index in [2.05, 4.69) is 0 Å². The minimum atomic E-state index is -2.99. The minimum absolute atomic E-state index is 0.0767. The molecule has 20 heavy (non-hydrogen) atoms. The van der Waals surface area contributed by atoms with Crippen LogP contribution in [0.5, 0.6) is 0 Å². The van der Waals surface area contributed by atoms with Crippen molar-refractivity contribution in [2.45, 2.75) is 25.8 Å². The van der Waals surface area contributed by atoms with Gasteiger partial charge in [-0.05, 0) is 31.1 Å². The van der Waals surface area contributed by atoms with Crippen molar-refractivity contribution in [2.24, 2.45) is 0 Å². The first-order valence-corrected chi connectivity index (χ1v) is 8.56. The van der Waals surface area contributed by atoms with Crippen LogP contribution in [0.1, 0.15) is 25.5 Å². The van der Waals surface area contributed by atoms with Crippen LogP contribution in [0.2, 0.25) is 0 Å². The summed E-state index contributed by atoms with van der Waals surface area (Å²) in [7, 11) is -2.99. The van der Waals surface area contributed by atoms with Crippen molar-refractivity contribution in [2.75, 3.05) is 18.1 Å². The number of furan rings is 1. The lowest BCUT2D eigenvalue weighted by atomic mass is 10.2. The van der Waals surface area contributed by atoms with Gasteiger partial charge in [-0.25, -0.2) is 8.42 Å². The van der Waals surface area contributed by atoms with Gasteiger partial charge in [0.1, 0.15) is 5.76 Å². The van der Waals surface area contributed by atoms with E-state index >= 15 is 0 Å². The van der Waals surface area contributed by atoms with Crippen molar-refractivity contribution >= 4 is 21.8 Å². The fourth-order valence-electron chi connectivity index (χ4n) is 2.37. The van der Waals surface area contributed by atoms with Crippen molar-refractivity contribution < 1.29 is 17.6 Å². The van der Waals surface area contributed by atoms with E-state index < -0.39 is 9.84 Å². The third-order valence-electron chi connectivity index (χ3n) is 3.33. The molecule has 0 bridgehead atoms. The SMILES string of the molecule is CCCN(C(=O)C=Cc1ccco1)C1CCS(=O)(=O)C1. The van der Waals surface area contributed by atoms with Crippen molar-refractivity contribution in [1.82, 2.24) is 4.90 Å². The predicted molar refractivity (Wildman–Crippen MR) is 76.8 cm³/mol. The molecule has 0 aromatic carbocycles. The fourth-order valence-corrected chi connectivity index (χ4v) is 4.10. The quantitative estimate of drug-likeness (QED) is 0.776. The highest BCUT2D eigenvalue weighted by Gasteiger charge is 2.33. The summed E-state index contributed by atoms with van der Waals surface area (Å²) in [5.74, 6) is 0.694. The van der Waals surface area contributed by atoms with Gasteiger partial charge in [-0.2, -0.15) is 0 Å². The predicted octanol–water partition coefficient (Wildman–Crippen LogP) is 1.72. The summed E-state index contributed by atoms with van der Waals surface area (Å²) in [5, 5.41) is 0. The average molecular weight is 297 g/mol. The zero-order valence-corrected chi connectivity index (χ0v) is 12.3. The summed E-state index contributed by atoms with van der Waals surface area (Å²) >= 11 is 0. The van der Waals surface area contributed by atoms with Crippen LogP contribution in [0.3, 0.4) is 0 Å². The van der Waals surface area contributed by atoms with E-state index in [-0.39, 0.29) is 23.5 Å². The van der Waals surface area contributed by atoms with Crippen LogP contribution >= 0.6 is 0 Å². The molecule has 110 valence electrons. The summed E-state index contributed by atoms with van der Waals surface area (Å²) in [6.45, 7) is 2.54. The van der Waals surface area contributed by atoms with E-state index in [4.69, 9.17) is 4.42 Å². The first-order valence-electron chi connectivity index (χ1n) is 6.74. The first kappa shape index (κ1) is 14.8. The van der Waals surface area contributed by atoms with Gasteiger partial charge in [0.05, 0.1) is 17.8 Å². The molecule has 1 unspecified atom stereocenters. The molecule has 0 spiro atoms. The molecular weight excluding hydrogens is 278 g/mol. The molecule has 1 saturated heterocycles. The Balaban J connectivity index is 2.06. The van der Waals surface area contributed by atoms with Crippen LogP contribution in [-0.4, -0.2) is 43.3 Å². The van der Waals surface area contributed by atoms with E-state index in [1.54, 1.807) is 23.1 Å². The molecule has 0 aliphatic carbocycles. The second-order valence-corrected chi connectivity index (χ2v) is 7.17. The Kier molecular flexibility index (Phi) is 4.65. The van der Waals surface area contributed by atoms with Crippen molar-refractivity contribution in [3.63, 3.8) is 0 Å². The molecule has 2 heterocycles. The highest BCUT2D eigenvalue weighted by Crippen LogP contribution is 2.18. The number of amides is 1. The van der Waals surface area contributed by atoms with E-state index in [1.165, 1.54) is 12.3 Å². The molecule has 1 atom stereocenters. The third-order valence-corrected chi connectivity index (χ3v) is 5.08. The molecule has 1 fully saturated rings. The smallest absolute Gasteiger partial charge is 0.246 e. The molecule has 1 aliphatic rings. The maximum Gasteiger partial charge on any atom is 0.246 e. The number of carbonyl (C=O) groups excluding carboxylic acids is 1. The largest absolute Gasteiger partial charge is 0.465 e. The number of rotatable bonds is 5. The maximum absolute atomic E-state index is 12.2. The van der Waals surface area contributed by atoms with Gasteiger partial charge in [0, 0.05) is 18.7 Å². The van der Waals surface area contributed by atoms with E-state index in [9.17, 15) is 13.2 Å². The Bertz CT molecular complexity index is 574. The zero-order chi connectivity index (χ0) is 14.6. The molecular formula is C14H19NO4S. The summed E-state index contributed by atoms with van der Waals surface area (Å²) in [6, 6.07) is 3.31. The van der Waals surface area contributed by atoms with E-state index in [0.29, 0.717) is 18.7 Å². The van der Waals surface area contributed by atoms with E-state index in [1.807, 2.05) is 6.92 Å². The summed E-state index contributed by atoms with van der Waals surface area (Å²) < 4.78 is 28.2. The molecule has 1 aromatic heterocycles. The maximum atomic E-state index is 12.2. The number of hydrogen-bond donors (Lipinski definition) is 0. The Labute approximate surface area is 119 Å². The Hall–Kier alpha value is -1.56. The topological polar surface area (TPSA) is 67.6 Å². The van der Waals surface area contributed by atoms with Crippen molar-refractivity contribution in [3.05, 3.63) is 30.2 Å². The average Bonchev–Trinajstić information content (AvgIpc) is 3.02. The number of sulfone groups is 1. The van der Waals surface area contributed by atoms with Crippen molar-refractivity contribution in [3.8, 4) is 0 Å². The van der Waals surface area contributed by atoms with Crippen molar-refractivity contribution in [1.29, 1.82) is 0 Å². The Morgan fingerprint density at radius 2 is 2.35 bits per heavy atom. The normalized spacial score (nSPS) is 21.4. The lowest BCUT2D eigenvalue weighted by Crippen LogP contribution is -2.40. The molecule has 1 aliphatic heterocycles. The molecule has 0 saturated carbocycles.